The lowest BCUT2D eigenvalue weighted by Crippen LogP contribution is -2.00. The second-order valence-corrected chi connectivity index (χ2v) is 29.0. The Kier molecular flexibility index (Phi) is 25.2. The number of benzene rings is 1. The van der Waals surface area contributed by atoms with E-state index >= 15 is 0 Å². The predicted octanol–water partition coefficient (Wildman–Crippen LogP) is 19.0. The highest BCUT2D eigenvalue weighted by Crippen LogP contribution is 2.50. The van der Waals surface area contributed by atoms with Gasteiger partial charge in [-0.25, -0.2) is 14.4 Å². The zero-order valence-electron chi connectivity index (χ0n) is 62.1. The quantitative estimate of drug-likeness (QED) is 0.0302. The Morgan fingerprint density at radius 3 is 0.711 bits per heavy atom. The van der Waals surface area contributed by atoms with E-state index in [1.165, 1.54) is 39.5 Å². The summed E-state index contributed by atoms with van der Waals surface area (Å²) in [5.41, 5.74) is 3.73. The summed E-state index contributed by atoms with van der Waals surface area (Å²) in [4.78, 5) is 42.5. The third-order valence-electron chi connectivity index (χ3n) is 18.2. The summed E-state index contributed by atoms with van der Waals surface area (Å²) in [5.74, 6) is 16.9. The minimum absolute atomic E-state index is 0.00428. The van der Waals surface area contributed by atoms with Crippen molar-refractivity contribution in [3.63, 3.8) is 0 Å². The maximum atomic E-state index is 13.6. The van der Waals surface area contributed by atoms with Gasteiger partial charge in [0.25, 0.3) is 0 Å². The van der Waals surface area contributed by atoms with Crippen LogP contribution in [0.5, 0.6) is 0 Å². The number of carbonyl (C=O) groups excluding carboxylic acids is 3. The van der Waals surface area contributed by atoms with Gasteiger partial charge in [0.2, 0.25) is 0 Å². The molecule has 0 amide bonds. The molecule has 4 aromatic rings. The van der Waals surface area contributed by atoms with Crippen molar-refractivity contribution in [2.45, 2.75) is 59.3 Å². The molecule has 0 N–H and O–H groups in total. The molecule has 0 saturated heterocycles. The number of methoxy groups -OCH3 is 3. The number of carbonyl (C=O) groups is 3. The summed E-state index contributed by atoms with van der Waals surface area (Å²) in [7, 11) is 3.65. The van der Waals surface area contributed by atoms with Crippen LogP contribution in [0.3, 0.4) is 0 Å². The molecule has 114 heavy (non-hydrogen) atoms. The molecule has 0 bridgehead atoms. The number of fused-ring (bicyclic) bond motifs is 3. The van der Waals surface area contributed by atoms with Gasteiger partial charge >= 0.3 is 17.9 Å². The number of hydrogen-bond donors (Lipinski definition) is 0. The van der Waals surface area contributed by atoms with Crippen LogP contribution in [0.4, 0.5) is 0 Å². The number of nitrogens with zero attached hydrogens (tertiary/aromatic N) is 12. The second kappa shape index (κ2) is 35.7. The van der Waals surface area contributed by atoms with Gasteiger partial charge in [-0.1, -0.05) is 150 Å². The molecule has 1 aromatic carbocycles. The monoisotopic (exact) mass is 1530 g/mol. The first kappa shape index (κ1) is 80.4. The van der Waals surface area contributed by atoms with Gasteiger partial charge in [-0.2, -0.15) is 63.1 Å². The van der Waals surface area contributed by atoms with Gasteiger partial charge in [0, 0.05) is 64.8 Å². The van der Waals surface area contributed by atoms with E-state index in [4.69, 9.17) is 14.2 Å². The number of nitriles is 12. The Bertz CT molecular complexity index is 5930. The van der Waals surface area contributed by atoms with Crippen molar-refractivity contribution in [2.24, 2.45) is 0 Å². The zero-order valence-corrected chi connectivity index (χ0v) is 64.6. The van der Waals surface area contributed by atoms with E-state index < -0.39 is 51.3 Å². The van der Waals surface area contributed by atoms with Gasteiger partial charge in [-0.3, -0.25) is 0 Å². The lowest BCUT2D eigenvalue weighted by Gasteiger charge is -2.13. The van der Waals surface area contributed by atoms with E-state index in [0.717, 1.165) is 50.7 Å². The van der Waals surface area contributed by atoms with Crippen LogP contribution in [0.1, 0.15) is 170 Å². The fourth-order valence-electron chi connectivity index (χ4n) is 12.7. The Labute approximate surface area is 670 Å². The second-order valence-electron chi connectivity index (χ2n) is 25.7. The van der Waals surface area contributed by atoms with E-state index in [-0.39, 0.29) is 99.2 Å². The van der Waals surface area contributed by atoms with Crippen LogP contribution in [0, 0.1) is 171 Å². The van der Waals surface area contributed by atoms with E-state index in [9.17, 15) is 77.5 Å². The molecule has 0 aliphatic heterocycles. The van der Waals surface area contributed by atoms with Crippen molar-refractivity contribution in [2.75, 3.05) is 21.3 Å². The van der Waals surface area contributed by atoms with Gasteiger partial charge in [-0.05, 0) is 157 Å². The molecule has 3 heterocycles. The van der Waals surface area contributed by atoms with E-state index in [1.807, 2.05) is 151 Å². The number of allylic oxidation sites excluding steroid dienone is 12. The normalized spacial score (nSPS) is 10.0. The standard InChI is InChI=1S/C93H54N12O6S3/c1-52(2)58-13-10-16-70-73(34-58)79(91(106)109-7)37-76(70)85(61(40-94)41-95)88(64(46-100)47-101)82-28-25-67(112-82)22-19-55-31-56(20-23-68-26-29-83(113-68)89(65(48-102)49-103)86(62(42-96)43-97)77-38-80(92(107)110-8)74-35-59(53(3)4)14-11-17-71(74)77)33-57(32-55)21-24-69-27-30-84(114-69)90(66(50-104)51-105)87(63(44-98)45-99)78-39-81(93(108)111-9)75-36-60(54(5)6)15-12-18-72(75)78/h10-18,25-39,52-54H,1-9H3. The lowest BCUT2D eigenvalue weighted by molar-refractivity contribution is 0.0593. The molecule has 540 valence electrons. The highest BCUT2D eigenvalue weighted by molar-refractivity contribution is 7.14. The van der Waals surface area contributed by atoms with Gasteiger partial charge < -0.3 is 14.2 Å². The molecule has 18 nitrogen and oxygen atoms in total. The Balaban J connectivity index is 1.14. The third kappa shape index (κ3) is 16.3. The molecule has 0 fully saturated rings. The molecule has 6 aliphatic rings. The molecule has 0 spiro atoms. The summed E-state index contributed by atoms with van der Waals surface area (Å²) in [6.45, 7) is 11.8. The maximum absolute atomic E-state index is 13.6. The smallest absolute Gasteiger partial charge is 0.338 e. The summed E-state index contributed by atoms with van der Waals surface area (Å²) in [5, 5.41) is 128. The average molecular weight is 1530 g/mol. The molecule has 0 radical (unpaired) electrons. The minimum Gasteiger partial charge on any atom is -0.465 e. The maximum Gasteiger partial charge on any atom is 0.338 e. The first-order chi connectivity index (χ1) is 55.1. The number of esters is 3. The highest BCUT2D eigenvalue weighted by Gasteiger charge is 2.34. The van der Waals surface area contributed by atoms with Crippen molar-refractivity contribution in [1.29, 1.82) is 63.1 Å². The molecular weight excluding hydrogens is 1480 g/mol. The van der Waals surface area contributed by atoms with Gasteiger partial charge in [-0.15, -0.1) is 34.0 Å². The van der Waals surface area contributed by atoms with Crippen molar-refractivity contribution in [3.8, 4) is 142 Å². The molecular formula is C93H54N12O6S3. The largest absolute Gasteiger partial charge is 0.465 e. The number of hydrogen-bond acceptors (Lipinski definition) is 21. The van der Waals surface area contributed by atoms with Gasteiger partial charge in [0.1, 0.15) is 106 Å². The van der Waals surface area contributed by atoms with E-state index in [1.54, 1.807) is 91.0 Å². The molecule has 10 rings (SSSR count). The molecule has 0 saturated carbocycles. The van der Waals surface area contributed by atoms with Crippen molar-refractivity contribution >= 4 is 85.4 Å². The Morgan fingerprint density at radius 1 is 0.272 bits per heavy atom. The molecule has 0 unspecified atom stereocenters. The average Bonchev–Trinajstić information content (AvgIpc) is 1.65. The zero-order chi connectivity index (χ0) is 82.2. The lowest BCUT2D eigenvalue weighted by atomic mass is 9.88. The van der Waals surface area contributed by atoms with Gasteiger partial charge in [0.15, 0.2) is 0 Å². The minimum atomic E-state index is -0.714. The number of rotatable bonds is 15. The van der Waals surface area contributed by atoms with Crippen LogP contribution in [-0.4, -0.2) is 39.2 Å². The van der Waals surface area contributed by atoms with Crippen molar-refractivity contribution < 1.29 is 28.6 Å². The third-order valence-corrected chi connectivity index (χ3v) is 21.2. The summed E-state index contributed by atoms with van der Waals surface area (Å²) < 4.78 is 15.6. The Morgan fingerprint density at radius 2 is 0.500 bits per heavy atom. The highest BCUT2D eigenvalue weighted by atomic mass is 32.1. The first-order valence-corrected chi connectivity index (χ1v) is 36.8. The van der Waals surface area contributed by atoms with Crippen LogP contribution in [0.15, 0.2) is 179 Å². The summed E-state index contributed by atoms with van der Waals surface area (Å²) >= 11 is 3.10. The number of ether oxygens (including phenoxy) is 3. The topological polar surface area (TPSA) is 364 Å². The SMILES string of the molecule is COC(=O)c1cc(C(=C(C#N)C#N)C(=C(C#N)C#N)c2ccc(C#Cc3cc(C#Cc4ccc(C(=C(C#N)C#N)C(=C(C#N)C#N)c5cc(C(=O)OC)c6cc(C(C)C)cccc5-6)s4)cc(C#Cc4ccc(C(=C(C#N)C#N)C(=C(C#N)C#N)c5cc(C(=O)OC)c6cc(C(C)C)cccc5-6)s4)c3)s2)c2cccc(C(C)C)cc1-2. The molecule has 0 atom stereocenters. The van der Waals surface area contributed by atoms with Crippen LogP contribution >= 0.6 is 34.0 Å². The summed E-state index contributed by atoms with van der Waals surface area (Å²) in [6, 6.07) is 63.8. The predicted molar refractivity (Wildman–Crippen MR) is 432 cm³/mol. The first-order valence-electron chi connectivity index (χ1n) is 34.3. The molecule has 3 aromatic heterocycles. The van der Waals surface area contributed by atoms with Crippen molar-refractivity contribution in [3.05, 3.63) is 275 Å². The molecule has 21 heteroatoms. The van der Waals surface area contributed by atoms with E-state index in [0.29, 0.717) is 64.7 Å². The van der Waals surface area contributed by atoms with Crippen LogP contribution < -0.4 is 0 Å². The summed E-state index contributed by atoms with van der Waals surface area (Å²) in [6.07, 6.45) is 0. The van der Waals surface area contributed by atoms with E-state index in [2.05, 4.69) is 35.5 Å². The van der Waals surface area contributed by atoms with Crippen LogP contribution in [0.2, 0.25) is 0 Å². The number of thiophene rings is 3. The van der Waals surface area contributed by atoms with Gasteiger partial charge in [0.05, 0.1) is 52.7 Å². The fourth-order valence-corrected chi connectivity index (χ4v) is 15.5. The Hall–Kier alpha value is -16.2. The molecule has 6 aliphatic carbocycles. The van der Waals surface area contributed by atoms with Crippen LogP contribution in [-0.2, 0) is 14.2 Å². The fraction of sp³-hybridized carbons (Fsp3) is 0.129. The van der Waals surface area contributed by atoms with Crippen molar-refractivity contribution in [1.82, 2.24) is 0 Å². The van der Waals surface area contributed by atoms with Crippen LogP contribution in [0.25, 0.3) is 66.8 Å².